The molecule has 0 atom stereocenters. The third kappa shape index (κ3) is 5.74. The largest absolute Gasteiger partial charge is 0.355 e. The van der Waals surface area contributed by atoms with Gasteiger partial charge in [0.25, 0.3) is 5.91 Å². The number of aromatic nitrogens is 3. The van der Waals surface area contributed by atoms with Crippen LogP contribution >= 0.6 is 0 Å². The number of benzene rings is 2. The Morgan fingerprint density at radius 3 is 2.74 bits per heavy atom. The van der Waals surface area contributed by atoms with Crippen LogP contribution in [0.25, 0.3) is 23.1 Å². The molecule has 0 spiro atoms. The van der Waals surface area contributed by atoms with Gasteiger partial charge in [-0.25, -0.2) is 0 Å². The molecule has 1 aliphatic rings. The number of piperazine rings is 1. The smallest absolute Gasteiger partial charge is 0.253 e. The van der Waals surface area contributed by atoms with Crippen molar-refractivity contribution >= 4 is 40.3 Å². The van der Waals surface area contributed by atoms with Crippen molar-refractivity contribution in [2.45, 2.75) is 0 Å². The number of nitrogens with zero attached hydrogens (tertiary/aromatic N) is 3. The Morgan fingerprint density at radius 1 is 1.03 bits per heavy atom. The molecule has 8 nitrogen and oxygen atoms in total. The van der Waals surface area contributed by atoms with Crippen molar-refractivity contribution in [1.29, 1.82) is 0 Å². The highest BCUT2D eigenvalue weighted by Crippen LogP contribution is 2.26. The number of fused-ring (bicyclic) bond motifs is 1. The fraction of sp³-hybridized carbons (Fsp3) is 0.222. The molecule has 0 bridgehead atoms. The molecule has 1 saturated heterocycles. The summed E-state index contributed by atoms with van der Waals surface area (Å²) in [5.74, 6) is -0.0761. The average molecular weight is 468 g/mol. The third-order valence-corrected chi connectivity index (χ3v) is 6.07. The topological polar surface area (TPSA) is 98.0 Å². The maximum Gasteiger partial charge on any atom is 0.253 e. The van der Waals surface area contributed by atoms with E-state index in [2.05, 4.69) is 36.0 Å². The Hall–Kier alpha value is -4.01. The Bertz CT molecular complexity index is 1310. The van der Waals surface area contributed by atoms with E-state index in [9.17, 15) is 4.79 Å². The predicted molar refractivity (Wildman–Crippen MR) is 141 cm³/mol. The van der Waals surface area contributed by atoms with Crippen LogP contribution in [0.4, 0.5) is 11.4 Å². The van der Waals surface area contributed by atoms with E-state index in [-0.39, 0.29) is 5.91 Å². The number of rotatable bonds is 8. The zero-order valence-electron chi connectivity index (χ0n) is 19.5. The van der Waals surface area contributed by atoms with Crippen molar-refractivity contribution in [2.24, 2.45) is 0 Å². The van der Waals surface area contributed by atoms with Crippen LogP contribution in [0.2, 0.25) is 0 Å². The van der Waals surface area contributed by atoms with Crippen molar-refractivity contribution in [3.63, 3.8) is 0 Å². The average Bonchev–Trinajstić information content (AvgIpc) is 3.31. The quantitative estimate of drug-likeness (QED) is 0.317. The van der Waals surface area contributed by atoms with Crippen LogP contribution in [0.1, 0.15) is 21.7 Å². The molecule has 3 heterocycles. The van der Waals surface area contributed by atoms with Crippen LogP contribution in [0.3, 0.4) is 0 Å². The number of para-hydroxylation sites is 1. The molecule has 178 valence electrons. The zero-order chi connectivity index (χ0) is 23.9. The second kappa shape index (κ2) is 10.9. The van der Waals surface area contributed by atoms with E-state index in [1.807, 2.05) is 72.8 Å². The van der Waals surface area contributed by atoms with Crippen molar-refractivity contribution in [2.75, 3.05) is 44.6 Å². The number of anilines is 2. The van der Waals surface area contributed by atoms with E-state index in [1.165, 1.54) is 0 Å². The lowest BCUT2D eigenvalue weighted by molar-refractivity contribution is 0.0948. The molecule has 2 aromatic heterocycles. The lowest BCUT2D eigenvalue weighted by Gasteiger charge is -2.27. The molecule has 4 aromatic rings. The van der Waals surface area contributed by atoms with Crippen LogP contribution in [-0.4, -0.2) is 65.3 Å². The second-order valence-corrected chi connectivity index (χ2v) is 8.48. The van der Waals surface area contributed by atoms with Gasteiger partial charge in [-0.15, -0.1) is 0 Å². The van der Waals surface area contributed by atoms with Crippen molar-refractivity contribution < 1.29 is 4.79 Å². The number of pyridine rings is 1. The zero-order valence-corrected chi connectivity index (χ0v) is 19.5. The maximum absolute atomic E-state index is 12.9. The lowest BCUT2D eigenvalue weighted by Crippen LogP contribution is -2.46. The summed E-state index contributed by atoms with van der Waals surface area (Å²) in [5, 5.41) is 18.4. The number of carbonyl (C=O) groups is 1. The summed E-state index contributed by atoms with van der Waals surface area (Å²) >= 11 is 0. The van der Waals surface area contributed by atoms with Gasteiger partial charge < -0.3 is 16.0 Å². The molecular formula is C27H29N7O. The minimum Gasteiger partial charge on any atom is -0.355 e. The number of nitrogens with one attached hydrogen (secondary N) is 4. The Labute approximate surface area is 204 Å². The number of hydrogen-bond acceptors (Lipinski definition) is 6. The van der Waals surface area contributed by atoms with E-state index in [4.69, 9.17) is 0 Å². The lowest BCUT2D eigenvalue weighted by atomic mass is 10.1. The summed E-state index contributed by atoms with van der Waals surface area (Å²) in [5.41, 5.74) is 4.90. The predicted octanol–water partition coefficient (Wildman–Crippen LogP) is 3.51. The van der Waals surface area contributed by atoms with Crippen molar-refractivity contribution in [3.8, 4) is 0 Å². The van der Waals surface area contributed by atoms with Gasteiger partial charge in [0.05, 0.1) is 28.2 Å². The number of hydrogen-bond donors (Lipinski definition) is 4. The third-order valence-electron chi connectivity index (χ3n) is 6.07. The number of aromatic amines is 1. The molecule has 4 N–H and O–H groups in total. The van der Waals surface area contributed by atoms with E-state index in [0.29, 0.717) is 12.1 Å². The molecule has 0 radical (unpaired) electrons. The van der Waals surface area contributed by atoms with Gasteiger partial charge in [0.2, 0.25) is 0 Å². The van der Waals surface area contributed by atoms with Gasteiger partial charge in [-0.3, -0.25) is 19.8 Å². The summed E-state index contributed by atoms with van der Waals surface area (Å²) in [6.07, 6.45) is 5.66. The van der Waals surface area contributed by atoms with E-state index < -0.39 is 0 Å². The minimum absolute atomic E-state index is 0.0761. The van der Waals surface area contributed by atoms with Crippen LogP contribution in [0.5, 0.6) is 0 Å². The van der Waals surface area contributed by atoms with Crippen LogP contribution in [-0.2, 0) is 0 Å². The van der Waals surface area contributed by atoms with Crippen LogP contribution < -0.4 is 16.0 Å². The minimum atomic E-state index is -0.0761. The fourth-order valence-electron chi connectivity index (χ4n) is 4.19. The standard InChI is InChI=1S/C27H29N7O/c35-27(30-15-18-34-16-13-28-14-17-34)23-6-1-2-7-24(23)31-21-8-10-22-25(32-33-26(22)19-21)11-9-20-5-3-4-12-29-20/h1-12,19,28,31H,13-18H2,(H,30,35)(H,32,33)/b11-9+. The highest BCUT2D eigenvalue weighted by Gasteiger charge is 2.13. The SMILES string of the molecule is O=C(NCCN1CCNCC1)c1ccccc1Nc1ccc2c(/C=C/c3ccccn3)n[nH]c2c1. The summed E-state index contributed by atoms with van der Waals surface area (Å²) in [7, 11) is 0. The Kier molecular flexibility index (Phi) is 7.12. The molecule has 0 unspecified atom stereocenters. The highest BCUT2D eigenvalue weighted by atomic mass is 16.1. The second-order valence-electron chi connectivity index (χ2n) is 8.48. The highest BCUT2D eigenvalue weighted by molar-refractivity contribution is 6.00. The van der Waals surface area contributed by atoms with Gasteiger partial charge >= 0.3 is 0 Å². The molecule has 1 amide bonds. The van der Waals surface area contributed by atoms with Gasteiger partial charge in [-0.2, -0.15) is 5.10 Å². The molecule has 5 rings (SSSR count). The molecule has 1 fully saturated rings. The van der Waals surface area contributed by atoms with Crippen molar-refractivity contribution in [3.05, 3.63) is 83.8 Å². The first-order chi connectivity index (χ1) is 17.3. The summed E-state index contributed by atoms with van der Waals surface area (Å²) in [4.78, 5) is 19.6. The number of amides is 1. The Balaban J connectivity index is 1.26. The molecule has 0 saturated carbocycles. The van der Waals surface area contributed by atoms with Gasteiger partial charge in [0.15, 0.2) is 0 Å². The van der Waals surface area contributed by atoms with Gasteiger partial charge in [0, 0.05) is 56.5 Å². The molecule has 2 aromatic carbocycles. The summed E-state index contributed by atoms with van der Waals surface area (Å²) < 4.78 is 0. The number of H-pyrrole nitrogens is 1. The molecule has 0 aliphatic carbocycles. The van der Waals surface area contributed by atoms with Crippen LogP contribution in [0, 0.1) is 0 Å². The monoisotopic (exact) mass is 467 g/mol. The molecule has 35 heavy (non-hydrogen) atoms. The molecule has 1 aliphatic heterocycles. The Morgan fingerprint density at radius 2 is 1.89 bits per heavy atom. The van der Waals surface area contributed by atoms with Gasteiger partial charge in [-0.1, -0.05) is 18.2 Å². The van der Waals surface area contributed by atoms with E-state index >= 15 is 0 Å². The van der Waals surface area contributed by atoms with Crippen molar-refractivity contribution in [1.82, 2.24) is 30.7 Å². The first-order valence-corrected chi connectivity index (χ1v) is 11.9. The first-order valence-electron chi connectivity index (χ1n) is 11.9. The number of carbonyl (C=O) groups excluding carboxylic acids is 1. The summed E-state index contributed by atoms with van der Waals surface area (Å²) in [6, 6.07) is 19.4. The van der Waals surface area contributed by atoms with E-state index in [0.717, 1.165) is 66.4 Å². The fourth-order valence-corrected chi connectivity index (χ4v) is 4.19. The molecular weight excluding hydrogens is 438 g/mol. The van der Waals surface area contributed by atoms with Gasteiger partial charge in [-0.05, 0) is 54.6 Å². The summed E-state index contributed by atoms with van der Waals surface area (Å²) in [6.45, 7) is 5.53. The van der Waals surface area contributed by atoms with E-state index in [1.54, 1.807) is 6.20 Å². The normalized spacial score (nSPS) is 14.4. The van der Waals surface area contributed by atoms with Crippen LogP contribution in [0.15, 0.2) is 66.9 Å². The maximum atomic E-state index is 12.9. The first kappa shape index (κ1) is 22.8. The molecule has 8 heteroatoms. The van der Waals surface area contributed by atoms with Gasteiger partial charge in [0.1, 0.15) is 0 Å².